The van der Waals surface area contributed by atoms with Gasteiger partial charge in [-0.3, -0.25) is 15.0 Å². The Labute approximate surface area is 133 Å². The summed E-state index contributed by atoms with van der Waals surface area (Å²) < 4.78 is 0. The van der Waals surface area contributed by atoms with Crippen molar-refractivity contribution in [1.82, 2.24) is 5.43 Å². The van der Waals surface area contributed by atoms with Crippen molar-refractivity contribution in [2.45, 2.75) is 6.92 Å². The molecule has 0 aliphatic carbocycles. The van der Waals surface area contributed by atoms with Crippen LogP contribution in [0.25, 0.3) is 6.08 Å². The fraction of sp³-hybridized carbons (Fsp3) is 0.0588. The summed E-state index contributed by atoms with van der Waals surface area (Å²) in [6, 6.07) is 14.3. The number of aryl methyl sites for hydroxylation is 1. The van der Waals surface area contributed by atoms with Crippen molar-refractivity contribution in [3.05, 3.63) is 70.3 Å². The van der Waals surface area contributed by atoms with Crippen molar-refractivity contribution in [2.24, 2.45) is 0 Å². The number of hydrazine groups is 1. The molecule has 1 N–H and O–H groups in total. The van der Waals surface area contributed by atoms with E-state index in [2.05, 4.69) is 5.43 Å². The first-order valence-corrected chi connectivity index (χ1v) is 7.12. The predicted octanol–water partition coefficient (Wildman–Crippen LogP) is 3.11. The van der Waals surface area contributed by atoms with Crippen molar-refractivity contribution in [2.75, 3.05) is 5.01 Å². The smallest absolute Gasteiger partial charge is 0.267 e. The van der Waals surface area contributed by atoms with Crippen molar-refractivity contribution in [1.29, 1.82) is 0 Å². The number of amides is 2. The van der Waals surface area contributed by atoms with Crippen LogP contribution in [0.3, 0.4) is 0 Å². The molecule has 1 aliphatic heterocycles. The van der Waals surface area contributed by atoms with Crippen molar-refractivity contribution >= 4 is 35.2 Å². The van der Waals surface area contributed by atoms with Crippen molar-refractivity contribution < 1.29 is 9.59 Å². The summed E-state index contributed by atoms with van der Waals surface area (Å²) in [5, 5.41) is 1.86. The number of nitrogens with zero attached hydrogens (tertiary/aromatic N) is 1. The highest BCUT2D eigenvalue weighted by Gasteiger charge is 2.34. The average molecular weight is 313 g/mol. The number of hydrogen-bond acceptors (Lipinski definition) is 2. The van der Waals surface area contributed by atoms with Gasteiger partial charge in [-0.1, -0.05) is 41.4 Å². The quantitative estimate of drug-likeness (QED) is 0.684. The van der Waals surface area contributed by atoms with E-state index < -0.39 is 5.91 Å². The van der Waals surface area contributed by atoms with Gasteiger partial charge in [-0.25, -0.2) is 5.01 Å². The summed E-state index contributed by atoms with van der Waals surface area (Å²) in [5.41, 5.74) is 5.13. The van der Waals surface area contributed by atoms with Crippen LogP contribution in [0.1, 0.15) is 11.1 Å². The molecule has 2 aromatic rings. The van der Waals surface area contributed by atoms with E-state index in [1.165, 1.54) is 5.01 Å². The first-order chi connectivity index (χ1) is 10.5. The molecule has 4 nitrogen and oxygen atoms in total. The van der Waals surface area contributed by atoms with Gasteiger partial charge in [-0.05, 0) is 42.8 Å². The lowest BCUT2D eigenvalue weighted by Crippen LogP contribution is -2.35. The first-order valence-electron chi connectivity index (χ1n) is 6.74. The summed E-state index contributed by atoms with van der Waals surface area (Å²) in [4.78, 5) is 24.5. The van der Waals surface area contributed by atoms with Crippen LogP contribution in [0.15, 0.2) is 54.1 Å². The third kappa shape index (κ3) is 2.73. The monoisotopic (exact) mass is 312 g/mol. The SMILES string of the molecule is Cc1ccc(N2NC(=O)C(=Cc3ccc(Cl)cc3)C2=O)cc1. The maximum Gasteiger partial charge on any atom is 0.282 e. The zero-order valence-corrected chi connectivity index (χ0v) is 12.6. The van der Waals surface area contributed by atoms with E-state index in [1.54, 1.807) is 42.5 Å². The van der Waals surface area contributed by atoms with Crippen LogP contribution >= 0.6 is 11.6 Å². The second-order valence-corrected chi connectivity index (χ2v) is 5.46. The first kappa shape index (κ1) is 14.4. The van der Waals surface area contributed by atoms with Crippen LogP contribution < -0.4 is 10.4 Å². The highest BCUT2D eigenvalue weighted by atomic mass is 35.5. The Hall–Kier alpha value is -2.59. The molecule has 3 rings (SSSR count). The van der Waals surface area contributed by atoms with Gasteiger partial charge in [0.25, 0.3) is 11.8 Å². The van der Waals surface area contributed by atoms with Gasteiger partial charge in [0.1, 0.15) is 5.57 Å². The number of carbonyl (C=O) groups is 2. The van der Waals surface area contributed by atoms with Gasteiger partial charge in [-0.15, -0.1) is 0 Å². The third-order valence-corrected chi connectivity index (χ3v) is 3.62. The van der Waals surface area contributed by atoms with Gasteiger partial charge < -0.3 is 0 Å². The molecule has 0 radical (unpaired) electrons. The highest BCUT2D eigenvalue weighted by molar-refractivity contribution is 6.32. The molecular weight excluding hydrogens is 300 g/mol. The van der Waals surface area contributed by atoms with Crippen LogP contribution in [-0.4, -0.2) is 11.8 Å². The van der Waals surface area contributed by atoms with E-state index in [4.69, 9.17) is 11.6 Å². The molecule has 2 amide bonds. The van der Waals surface area contributed by atoms with Crippen molar-refractivity contribution in [3.63, 3.8) is 0 Å². The number of carbonyl (C=O) groups excluding carboxylic acids is 2. The molecule has 1 fully saturated rings. The number of hydrogen-bond donors (Lipinski definition) is 1. The molecule has 0 aromatic heterocycles. The van der Waals surface area contributed by atoms with Gasteiger partial charge >= 0.3 is 0 Å². The standard InChI is InChI=1S/C17H13ClN2O2/c1-11-2-8-14(9-3-11)20-17(22)15(16(21)19-20)10-12-4-6-13(18)7-5-12/h2-10H,1H3,(H,19,21). The minimum absolute atomic E-state index is 0.0999. The molecule has 0 spiro atoms. The molecular formula is C17H13ClN2O2. The minimum Gasteiger partial charge on any atom is -0.267 e. The minimum atomic E-state index is -0.416. The number of halogens is 1. The van der Waals surface area contributed by atoms with Gasteiger partial charge in [0.05, 0.1) is 5.69 Å². The summed E-state index contributed by atoms with van der Waals surface area (Å²) in [7, 11) is 0. The van der Waals surface area contributed by atoms with E-state index >= 15 is 0 Å². The van der Waals surface area contributed by atoms with Crippen LogP contribution in [0.2, 0.25) is 5.02 Å². The molecule has 22 heavy (non-hydrogen) atoms. The maximum atomic E-state index is 12.4. The number of anilines is 1. The van der Waals surface area contributed by atoms with Crippen LogP contribution in [0.5, 0.6) is 0 Å². The molecule has 1 saturated heterocycles. The van der Waals surface area contributed by atoms with Gasteiger partial charge in [0.2, 0.25) is 0 Å². The zero-order valence-electron chi connectivity index (χ0n) is 11.8. The van der Waals surface area contributed by atoms with Crippen LogP contribution in [-0.2, 0) is 9.59 Å². The van der Waals surface area contributed by atoms with E-state index in [0.717, 1.165) is 11.1 Å². The molecule has 0 bridgehead atoms. The van der Waals surface area contributed by atoms with Gasteiger partial charge in [-0.2, -0.15) is 0 Å². The largest absolute Gasteiger partial charge is 0.282 e. The molecule has 1 heterocycles. The Morgan fingerprint density at radius 1 is 1.00 bits per heavy atom. The van der Waals surface area contributed by atoms with E-state index in [0.29, 0.717) is 10.7 Å². The summed E-state index contributed by atoms with van der Waals surface area (Å²) in [6.45, 7) is 1.96. The Balaban J connectivity index is 1.91. The van der Waals surface area contributed by atoms with E-state index in [-0.39, 0.29) is 11.5 Å². The fourth-order valence-corrected chi connectivity index (χ4v) is 2.28. The van der Waals surface area contributed by atoms with Crippen LogP contribution in [0.4, 0.5) is 5.69 Å². The Kier molecular flexibility index (Phi) is 3.69. The molecule has 0 atom stereocenters. The van der Waals surface area contributed by atoms with Crippen molar-refractivity contribution in [3.8, 4) is 0 Å². The van der Waals surface area contributed by atoms with Gasteiger partial charge in [0.15, 0.2) is 0 Å². The lowest BCUT2D eigenvalue weighted by atomic mass is 10.1. The second kappa shape index (κ2) is 5.66. The number of nitrogens with one attached hydrogen (secondary N) is 1. The van der Waals surface area contributed by atoms with Gasteiger partial charge in [0, 0.05) is 5.02 Å². The third-order valence-electron chi connectivity index (χ3n) is 3.36. The topological polar surface area (TPSA) is 49.4 Å². The summed E-state index contributed by atoms with van der Waals surface area (Å²) in [6.07, 6.45) is 1.56. The lowest BCUT2D eigenvalue weighted by molar-refractivity contribution is -0.117. The Morgan fingerprint density at radius 3 is 2.27 bits per heavy atom. The summed E-state index contributed by atoms with van der Waals surface area (Å²) in [5.74, 6) is -0.788. The zero-order chi connectivity index (χ0) is 15.7. The second-order valence-electron chi connectivity index (χ2n) is 5.03. The average Bonchev–Trinajstić information content (AvgIpc) is 2.78. The predicted molar refractivity (Wildman–Crippen MR) is 86.2 cm³/mol. The molecule has 0 saturated carbocycles. The summed E-state index contributed by atoms with van der Waals surface area (Å²) >= 11 is 5.83. The van der Waals surface area contributed by atoms with E-state index in [9.17, 15) is 9.59 Å². The number of rotatable bonds is 2. The highest BCUT2D eigenvalue weighted by Crippen LogP contribution is 2.22. The van der Waals surface area contributed by atoms with E-state index in [1.807, 2.05) is 19.1 Å². The molecule has 2 aromatic carbocycles. The molecule has 110 valence electrons. The molecule has 0 unspecified atom stereocenters. The molecule has 5 heteroatoms. The Morgan fingerprint density at radius 2 is 1.64 bits per heavy atom. The Bertz CT molecular complexity index is 764. The lowest BCUT2D eigenvalue weighted by Gasteiger charge is -2.14. The maximum absolute atomic E-state index is 12.4. The van der Waals surface area contributed by atoms with Crippen LogP contribution in [0, 0.1) is 6.92 Å². The number of benzene rings is 2. The normalized spacial score (nSPS) is 16.3. The fourth-order valence-electron chi connectivity index (χ4n) is 2.16. The molecule has 1 aliphatic rings.